The van der Waals surface area contributed by atoms with Crippen LogP contribution in [0.25, 0.3) is 0 Å². The van der Waals surface area contributed by atoms with Crippen LogP contribution in [0.4, 0.5) is 11.4 Å². The van der Waals surface area contributed by atoms with Crippen LogP contribution in [-0.4, -0.2) is 21.8 Å². The van der Waals surface area contributed by atoms with Gasteiger partial charge in [-0.3, -0.25) is 9.98 Å². The number of halogens is 2. The molecule has 0 aliphatic rings. The summed E-state index contributed by atoms with van der Waals surface area (Å²) in [6.45, 7) is 12.5. The number of aromatic nitrogens is 2. The molecule has 3 aromatic rings. The molecule has 0 aliphatic heterocycles. The van der Waals surface area contributed by atoms with E-state index >= 15 is 0 Å². The van der Waals surface area contributed by atoms with E-state index in [0.717, 1.165) is 27.5 Å². The third-order valence-electron chi connectivity index (χ3n) is 4.34. The molecule has 0 atom stereocenters. The molecule has 0 saturated carbocycles. The Kier molecular flexibility index (Phi) is 9.66. The van der Waals surface area contributed by atoms with Crippen molar-refractivity contribution in [3.05, 3.63) is 68.5 Å². The second kappa shape index (κ2) is 11.7. The molecule has 2 aromatic carbocycles. The second-order valence-corrected chi connectivity index (χ2v) is 9.66. The first kappa shape index (κ1) is 24.7. The predicted octanol–water partition coefficient (Wildman–Crippen LogP) is 7.27. The molecule has 0 bridgehead atoms. The van der Waals surface area contributed by atoms with E-state index in [2.05, 4.69) is 85.2 Å². The van der Waals surface area contributed by atoms with Gasteiger partial charge in [-0.2, -0.15) is 4.37 Å². The van der Waals surface area contributed by atoms with Crippen molar-refractivity contribution in [1.82, 2.24) is 9.36 Å². The first-order chi connectivity index (χ1) is 14.2. The summed E-state index contributed by atoms with van der Waals surface area (Å²) in [5, 5.41) is 0.771. The van der Waals surface area contributed by atoms with Crippen molar-refractivity contribution in [3.8, 4) is 0 Å². The van der Waals surface area contributed by atoms with Gasteiger partial charge < -0.3 is 0 Å². The molecule has 0 amide bonds. The second-order valence-electron chi connectivity index (χ2n) is 7.05. The fraction of sp³-hybridized carbons (Fsp3) is 0.273. The van der Waals surface area contributed by atoms with Gasteiger partial charge in [-0.1, -0.05) is 35.4 Å². The van der Waals surface area contributed by atoms with Gasteiger partial charge in [0.05, 0.1) is 23.8 Å². The monoisotopic (exact) mass is 502 g/mol. The maximum atomic E-state index is 4.76. The van der Waals surface area contributed by atoms with Crippen LogP contribution in [0.15, 0.2) is 34.3 Å². The maximum absolute atomic E-state index is 4.76. The molecule has 30 heavy (non-hydrogen) atoms. The van der Waals surface area contributed by atoms with E-state index in [9.17, 15) is 0 Å². The summed E-state index contributed by atoms with van der Waals surface area (Å²) < 4.78 is 4.37. The predicted molar refractivity (Wildman–Crippen MR) is 127 cm³/mol. The minimum absolute atomic E-state index is 0.194. The Bertz CT molecular complexity index is 949. The molecule has 0 radical (unpaired) electrons. The standard InChI is InChI=1S/C22H24N4S.2ClH.Fe/c1-13-7-15(3)21(16(4)8-13)23-11-19-25-20(27-26-19)12-24-22-17(5)9-14(2)10-18(22)6;;;/h7-12H,1-6H3;2*1H;/q;;;+2/p-2. The average Bonchev–Trinajstić information content (AvgIpc) is 3.08. The first-order valence-electron chi connectivity index (χ1n) is 9.18. The number of rotatable bonds is 4. The van der Waals surface area contributed by atoms with Gasteiger partial charge in [0.2, 0.25) is 0 Å². The van der Waals surface area contributed by atoms with Crippen LogP contribution in [0.3, 0.4) is 0 Å². The fourth-order valence-electron chi connectivity index (χ4n) is 3.35. The van der Waals surface area contributed by atoms with Crippen molar-refractivity contribution in [1.29, 1.82) is 0 Å². The number of hydrogen-bond donors (Lipinski definition) is 0. The zero-order valence-electron chi connectivity index (χ0n) is 17.8. The van der Waals surface area contributed by atoms with E-state index in [4.69, 9.17) is 20.2 Å². The van der Waals surface area contributed by atoms with Crippen molar-refractivity contribution < 1.29 is 13.1 Å². The van der Waals surface area contributed by atoms with Crippen molar-refractivity contribution in [2.45, 2.75) is 41.5 Å². The quantitative estimate of drug-likeness (QED) is 0.278. The third kappa shape index (κ3) is 7.00. The van der Waals surface area contributed by atoms with Crippen LogP contribution in [-0.2, 0) is 13.1 Å². The summed E-state index contributed by atoms with van der Waals surface area (Å²) in [6.07, 6.45) is 3.50. The molecule has 0 aliphatic carbocycles. The Morgan fingerprint density at radius 1 is 0.767 bits per heavy atom. The van der Waals surface area contributed by atoms with Crippen LogP contribution in [0.5, 0.6) is 0 Å². The molecule has 1 aromatic heterocycles. The van der Waals surface area contributed by atoms with Crippen molar-refractivity contribution in [2.24, 2.45) is 9.98 Å². The zero-order chi connectivity index (χ0) is 22.3. The van der Waals surface area contributed by atoms with Crippen LogP contribution in [0.1, 0.15) is 44.2 Å². The Morgan fingerprint density at radius 2 is 1.17 bits per heavy atom. The SMILES string of the molecule is Cc1cc(C)c(N=Cc2nsc(C=Nc3c(C)cc(C)cc3C)n2)c(C)c1.[Cl][Fe][Cl]. The number of aryl methyl sites for hydroxylation is 6. The van der Waals surface area contributed by atoms with Gasteiger partial charge >= 0.3 is 33.3 Å². The summed E-state index contributed by atoms with van der Waals surface area (Å²) in [4.78, 5) is 13.7. The van der Waals surface area contributed by atoms with Gasteiger partial charge in [0, 0.05) is 0 Å². The molecular weight excluding hydrogens is 479 g/mol. The molecule has 8 heteroatoms. The zero-order valence-corrected chi connectivity index (χ0v) is 21.2. The fourth-order valence-corrected chi connectivity index (χ4v) is 3.86. The Morgan fingerprint density at radius 3 is 1.60 bits per heavy atom. The number of nitrogens with zero attached hydrogens (tertiary/aromatic N) is 4. The summed E-state index contributed by atoms with van der Waals surface area (Å²) in [6, 6.07) is 8.56. The van der Waals surface area contributed by atoms with Crippen LogP contribution < -0.4 is 0 Å². The van der Waals surface area contributed by atoms with E-state index in [1.165, 1.54) is 33.8 Å². The Balaban J connectivity index is 0.00000101. The topological polar surface area (TPSA) is 50.5 Å². The van der Waals surface area contributed by atoms with E-state index in [1.807, 2.05) is 0 Å². The van der Waals surface area contributed by atoms with Gasteiger partial charge in [-0.25, -0.2) is 4.98 Å². The molecule has 160 valence electrons. The third-order valence-corrected chi connectivity index (χ3v) is 5.00. The van der Waals surface area contributed by atoms with Crippen LogP contribution in [0.2, 0.25) is 0 Å². The number of aliphatic imine (C=N–C) groups is 2. The normalized spacial score (nSPS) is 11.3. The molecule has 0 fully saturated rings. The molecule has 0 N–H and O–H groups in total. The molecule has 0 spiro atoms. The van der Waals surface area contributed by atoms with E-state index < -0.39 is 0 Å². The summed E-state index contributed by atoms with van der Waals surface area (Å²) in [7, 11) is 9.53. The van der Waals surface area contributed by atoms with Crippen molar-refractivity contribution >= 4 is 55.5 Å². The van der Waals surface area contributed by atoms with Crippen LogP contribution >= 0.6 is 31.7 Å². The van der Waals surface area contributed by atoms with Gasteiger partial charge in [0.25, 0.3) is 0 Å². The number of benzene rings is 2. The molecule has 4 nitrogen and oxygen atoms in total. The summed E-state index contributed by atoms with van der Waals surface area (Å²) >= 11 is 1.52. The molecule has 0 saturated heterocycles. The molecule has 0 unspecified atom stereocenters. The minimum atomic E-state index is 0.194. The average molecular weight is 503 g/mol. The van der Waals surface area contributed by atoms with Crippen molar-refractivity contribution in [3.63, 3.8) is 0 Å². The van der Waals surface area contributed by atoms with Gasteiger partial charge in [0.1, 0.15) is 0 Å². The van der Waals surface area contributed by atoms with E-state index in [1.54, 1.807) is 12.4 Å². The first-order valence-corrected chi connectivity index (χ1v) is 13.0. The van der Waals surface area contributed by atoms with E-state index in [0.29, 0.717) is 5.82 Å². The number of hydrogen-bond acceptors (Lipinski definition) is 5. The summed E-state index contributed by atoms with van der Waals surface area (Å²) in [5.41, 5.74) is 9.13. The van der Waals surface area contributed by atoms with E-state index in [-0.39, 0.29) is 13.1 Å². The van der Waals surface area contributed by atoms with Gasteiger partial charge in [-0.15, -0.1) is 0 Å². The molecule has 3 rings (SSSR count). The van der Waals surface area contributed by atoms with Crippen LogP contribution in [0, 0.1) is 41.5 Å². The van der Waals surface area contributed by atoms with Gasteiger partial charge in [-0.05, 0) is 75.3 Å². The Hall–Kier alpha value is -1.56. The Labute approximate surface area is 197 Å². The molecular formula is C22H24Cl2FeN4S. The summed E-state index contributed by atoms with van der Waals surface area (Å²) in [5.74, 6) is 0.609. The van der Waals surface area contributed by atoms with Gasteiger partial charge in [0.15, 0.2) is 10.8 Å². The molecule has 1 heterocycles. The van der Waals surface area contributed by atoms with Crippen molar-refractivity contribution in [2.75, 3.05) is 0 Å².